The van der Waals surface area contributed by atoms with Crippen LogP contribution in [0.1, 0.15) is 19.0 Å². The van der Waals surface area contributed by atoms with Crippen molar-refractivity contribution < 1.29 is 0 Å². The van der Waals surface area contributed by atoms with Crippen LogP contribution in [0.5, 0.6) is 0 Å². The van der Waals surface area contributed by atoms with Crippen LogP contribution < -0.4 is 11.1 Å². The number of hydrogen-bond donors (Lipinski definition) is 2. The molecule has 2 atom stereocenters. The molecule has 0 radical (unpaired) electrons. The summed E-state index contributed by atoms with van der Waals surface area (Å²) < 4.78 is 1.84. The molecule has 5 nitrogen and oxygen atoms in total. The topological polar surface area (TPSA) is 68.8 Å². The summed E-state index contributed by atoms with van der Waals surface area (Å²) in [4.78, 5) is 0. The zero-order valence-electron chi connectivity index (χ0n) is 9.19. The fraction of sp³-hybridized carbons (Fsp3) is 0.800. The Morgan fingerprint density at radius 1 is 1.67 bits per heavy atom. The van der Waals surface area contributed by atoms with Gasteiger partial charge < -0.3 is 11.1 Å². The maximum Gasteiger partial charge on any atom is 0.0962 e. The molecule has 0 aliphatic heterocycles. The molecule has 1 fully saturated rings. The Kier molecular flexibility index (Phi) is 3.33. The lowest BCUT2D eigenvalue weighted by Gasteiger charge is -2.02. The van der Waals surface area contributed by atoms with E-state index in [1.165, 1.54) is 6.42 Å². The number of nitrogens with zero attached hydrogens (tertiary/aromatic N) is 3. The minimum Gasteiger partial charge on any atom is -0.325 e. The van der Waals surface area contributed by atoms with Crippen molar-refractivity contribution in [3.8, 4) is 0 Å². The first-order valence-electron chi connectivity index (χ1n) is 5.59. The van der Waals surface area contributed by atoms with Gasteiger partial charge in [-0.15, -0.1) is 5.10 Å². The van der Waals surface area contributed by atoms with Gasteiger partial charge in [-0.3, -0.25) is 4.68 Å². The SMILES string of the molecule is CC1CC1CNCCn1cc(CN)nn1. The van der Waals surface area contributed by atoms with Crippen molar-refractivity contribution in [3.05, 3.63) is 11.9 Å². The largest absolute Gasteiger partial charge is 0.325 e. The van der Waals surface area contributed by atoms with Crippen LogP contribution >= 0.6 is 0 Å². The Bertz CT molecular complexity index is 309. The highest BCUT2D eigenvalue weighted by molar-refractivity contribution is 4.90. The normalized spacial score (nSPS) is 24.4. The van der Waals surface area contributed by atoms with Crippen LogP contribution in [0.15, 0.2) is 6.20 Å². The average Bonchev–Trinajstić information content (AvgIpc) is 2.78. The van der Waals surface area contributed by atoms with Gasteiger partial charge in [0.05, 0.1) is 12.2 Å². The van der Waals surface area contributed by atoms with E-state index in [0.29, 0.717) is 6.54 Å². The monoisotopic (exact) mass is 209 g/mol. The summed E-state index contributed by atoms with van der Waals surface area (Å²) in [5.74, 6) is 1.83. The third-order valence-electron chi connectivity index (χ3n) is 3.00. The molecule has 1 aliphatic rings. The van der Waals surface area contributed by atoms with Crippen molar-refractivity contribution in [1.29, 1.82) is 0 Å². The maximum atomic E-state index is 5.45. The molecule has 1 aromatic rings. The Balaban J connectivity index is 1.60. The zero-order chi connectivity index (χ0) is 10.7. The quantitative estimate of drug-likeness (QED) is 0.646. The predicted octanol–water partition coefficient (Wildman–Crippen LogP) is -0.0176. The van der Waals surface area contributed by atoms with Crippen molar-refractivity contribution in [1.82, 2.24) is 20.3 Å². The van der Waals surface area contributed by atoms with Gasteiger partial charge in [-0.25, -0.2) is 0 Å². The van der Waals surface area contributed by atoms with E-state index in [0.717, 1.165) is 37.2 Å². The van der Waals surface area contributed by atoms with Crippen LogP contribution in [0.4, 0.5) is 0 Å². The number of hydrogen-bond acceptors (Lipinski definition) is 4. The third kappa shape index (κ3) is 3.00. The second-order valence-corrected chi connectivity index (χ2v) is 4.35. The Labute approximate surface area is 90.0 Å². The van der Waals surface area contributed by atoms with E-state index < -0.39 is 0 Å². The molecule has 0 bridgehead atoms. The second-order valence-electron chi connectivity index (χ2n) is 4.35. The van der Waals surface area contributed by atoms with E-state index in [-0.39, 0.29) is 0 Å². The van der Waals surface area contributed by atoms with Gasteiger partial charge in [0.1, 0.15) is 0 Å². The standard InChI is InChI=1S/C10H19N5/c1-8-4-9(8)6-12-2-3-15-7-10(5-11)13-14-15/h7-9,12H,2-6,11H2,1H3. The van der Waals surface area contributed by atoms with Gasteiger partial charge in [-0.1, -0.05) is 12.1 Å². The zero-order valence-corrected chi connectivity index (χ0v) is 9.19. The molecule has 1 heterocycles. The molecule has 0 saturated heterocycles. The third-order valence-corrected chi connectivity index (χ3v) is 3.00. The number of nitrogens with one attached hydrogen (secondary N) is 1. The van der Waals surface area contributed by atoms with E-state index in [1.54, 1.807) is 0 Å². The number of nitrogens with two attached hydrogens (primary N) is 1. The summed E-state index contributed by atoms with van der Waals surface area (Å²) in [6, 6.07) is 0. The fourth-order valence-corrected chi connectivity index (χ4v) is 1.71. The van der Waals surface area contributed by atoms with Gasteiger partial charge in [-0.05, 0) is 24.8 Å². The van der Waals surface area contributed by atoms with E-state index in [1.807, 2.05) is 10.9 Å². The summed E-state index contributed by atoms with van der Waals surface area (Å²) >= 11 is 0. The van der Waals surface area contributed by atoms with E-state index in [2.05, 4.69) is 22.6 Å². The minimum atomic E-state index is 0.465. The molecular formula is C10H19N5. The highest BCUT2D eigenvalue weighted by Crippen LogP contribution is 2.36. The van der Waals surface area contributed by atoms with Crippen molar-refractivity contribution in [2.45, 2.75) is 26.4 Å². The summed E-state index contributed by atoms with van der Waals surface area (Å²) in [7, 11) is 0. The molecule has 1 aromatic heterocycles. The van der Waals surface area contributed by atoms with Crippen molar-refractivity contribution in [3.63, 3.8) is 0 Å². The highest BCUT2D eigenvalue weighted by Gasteiger charge is 2.31. The lowest BCUT2D eigenvalue weighted by atomic mass is 10.3. The van der Waals surface area contributed by atoms with Gasteiger partial charge in [0.2, 0.25) is 0 Å². The van der Waals surface area contributed by atoms with Crippen LogP contribution in [-0.4, -0.2) is 28.1 Å². The van der Waals surface area contributed by atoms with Crippen LogP contribution in [0.3, 0.4) is 0 Å². The van der Waals surface area contributed by atoms with Crippen LogP contribution in [-0.2, 0) is 13.1 Å². The maximum absolute atomic E-state index is 5.45. The first kappa shape index (κ1) is 10.6. The lowest BCUT2D eigenvalue weighted by molar-refractivity contribution is 0.523. The Morgan fingerprint density at radius 2 is 2.47 bits per heavy atom. The van der Waals surface area contributed by atoms with Crippen LogP contribution in [0.2, 0.25) is 0 Å². The summed E-state index contributed by atoms with van der Waals surface area (Å²) in [5.41, 5.74) is 6.30. The molecule has 2 unspecified atom stereocenters. The molecule has 15 heavy (non-hydrogen) atoms. The minimum absolute atomic E-state index is 0.465. The molecule has 0 spiro atoms. The Hall–Kier alpha value is -0.940. The molecule has 2 rings (SSSR count). The van der Waals surface area contributed by atoms with Gasteiger partial charge in [0.25, 0.3) is 0 Å². The molecule has 1 aliphatic carbocycles. The first-order valence-corrected chi connectivity index (χ1v) is 5.59. The number of rotatable bonds is 6. The average molecular weight is 209 g/mol. The van der Waals surface area contributed by atoms with Crippen LogP contribution in [0, 0.1) is 11.8 Å². The van der Waals surface area contributed by atoms with Crippen molar-refractivity contribution >= 4 is 0 Å². The van der Waals surface area contributed by atoms with Crippen molar-refractivity contribution in [2.75, 3.05) is 13.1 Å². The van der Waals surface area contributed by atoms with Gasteiger partial charge in [0, 0.05) is 19.3 Å². The molecule has 0 amide bonds. The van der Waals surface area contributed by atoms with E-state index >= 15 is 0 Å². The molecule has 0 aromatic carbocycles. The Morgan fingerprint density at radius 3 is 3.07 bits per heavy atom. The van der Waals surface area contributed by atoms with Gasteiger partial charge in [-0.2, -0.15) is 0 Å². The first-order chi connectivity index (χ1) is 7.29. The van der Waals surface area contributed by atoms with Gasteiger partial charge in [0.15, 0.2) is 0 Å². The van der Waals surface area contributed by atoms with Gasteiger partial charge >= 0.3 is 0 Å². The van der Waals surface area contributed by atoms with E-state index in [4.69, 9.17) is 5.73 Å². The molecule has 84 valence electrons. The smallest absolute Gasteiger partial charge is 0.0962 e. The number of aromatic nitrogens is 3. The second kappa shape index (κ2) is 4.72. The summed E-state index contributed by atoms with van der Waals surface area (Å²) in [6.45, 7) is 5.73. The molecular weight excluding hydrogens is 190 g/mol. The predicted molar refractivity (Wildman–Crippen MR) is 58.1 cm³/mol. The van der Waals surface area contributed by atoms with Crippen molar-refractivity contribution in [2.24, 2.45) is 17.6 Å². The molecule has 1 saturated carbocycles. The summed E-state index contributed by atoms with van der Waals surface area (Å²) in [6.07, 6.45) is 3.29. The lowest BCUT2D eigenvalue weighted by Crippen LogP contribution is -2.22. The van der Waals surface area contributed by atoms with Crippen LogP contribution in [0.25, 0.3) is 0 Å². The highest BCUT2D eigenvalue weighted by atomic mass is 15.4. The molecule has 5 heteroatoms. The summed E-state index contributed by atoms with van der Waals surface area (Å²) in [5, 5.41) is 11.3. The fourth-order valence-electron chi connectivity index (χ4n) is 1.71. The molecule has 3 N–H and O–H groups in total. The van der Waals surface area contributed by atoms with E-state index in [9.17, 15) is 0 Å².